The first-order chi connectivity index (χ1) is 23.9. The summed E-state index contributed by atoms with van der Waals surface area (Å²) in [6.45, 7) is 20.4. The lowest BCUT2D eigenvalue weighted by Gasteiger charge is -2.47. The molecule has 2 aliphatic rings. The second-order valence-electron chi connectivity index (χ2n) is 16.3. The topological polar surface area (TPSA) is 63.2 Å². The largest absolute Gasteiger partial charge is 0.462 e. The van der Waals surface area contributed by atoms with E-state index in [0.29, 0.717) is 12.3 Å². The van der Waals surface area contributed by atoms with E-state index in [2.05, 4.69) is 109 Å². The average molecular weight is 707 g/mol. The van der Waals surface area contributed by atoms with Gasteiger partial charge < -0.3 is 23.4 Å². The molecule has 278 valence electrons. The van der Waals surface area contributed by atoms with E-state index in [9.17, 15) is 4.79 Å². The van der Waals surface area contributed by atoms with Crippen LogP contribution in [0.2, 0.25) is 5.04 Å². The predicted octanol–water partition coefficient (Wildman–Crippen LogP) is 9.00. The summed E-state index contributed by atoms with van der Waals surface area (Å²) in [4.78, 5) is 13.2. The third-order valence-corrected chi connectivity index (χ3v) is 16.0. The van der Waals surface area contributed by atoms with Gasteiger partial charge in [-0.05, 0) is 59.4 Å². The number of rotatable bonds is 9. The van der Waals surface area contributed by atoms with Crippen molar-refractivity contribution in [3.63, 3.8) is 0 Å². The molecule has 2 aromatic carbocycles. The molecular weight excluding hydrogens is 641 g/mol. The van der Waals surface area contributed by atoms with Crippen molar-refractivity contribution in [1.82, 2.24) is 0 Å². The summed E-state index contributed by atoms with van der Waals surface area (Å²) >= 11 is 0. The Morgan fingerprint density at radius 1 is 0.880 bits per heavy atom. The van der Waals surface area contributed by atoms with Crippen molar-refractivity contribution in [1.29, 1.82) is 0 Å². The van der Waals surface area contributed by atoms with Gasteiger partial charge in [0.05, 0.1) is 30.3 Å². The summed E-state index contributed by atoms with van der Waals surface area (Å²) in [5.74, 6) is 0.312. The summed E-state index contributed by atoms with van der Waals surface area (Å²) in [5.41, 5.74) is 1.07. The van der Waals surface area contributed by atoms with Crippen LogP contribution in [0.1, 0.15) is 113 Å². The Balaban J connectivity index is 1.79. The van der Waals surface area contributed by atoms with Crippen molar-refractivity contribution in [3.8, 4) is 0 Å². The quantitative estimate of drug-likeness (QED) is 0.112. The Kier molecular flexibility index (Phi) is 15.4. The van der Waals surface area contributed by atoms with Crippen LogP contribution in [0, 0.1) is 17.8 Å². The fourth-order valence-electron chi connectivity index (χ4n) is 8.41. The molecular formula is C43H66O6Si. The molecule has 0 saturated carbocycles. The highest BCUT2D eigenvalue weighted by atomic mass is 28.4. The van der Waals surface area contributed by atoms with E-state index >= 15 is 0 Å². The summed E-state index contributed by atoms with van der Waals surface area (Å²) < 4.78 is 33.2. The van der Waals surface area contributed by atoms with Crippen LogP contribution >= 0.6 is 0 Å². The zero-order valence-electron chi connectivity index (χ0n) is 32.3. The minimum absolute atomic E-state index is 0.0592. The number of ether oxygens (including phenoxy) is 4. The number of carbonyl (C=O) groups is 1. The lowest BCUT2D eigenvalue weighted by Crippen LogP contribution is -2.69. The molecule has 7 heteroatoms. The molecule has 2 aromatic rings. The van der Waals surface area contributed by atoms with Crippen LogP contribution < -0.4 is 10.4 Å². The maximum atomic E-state index is 13.2. The van der Waals surface area contributed by atoms with E-state index in [0.717, 1.165) is 63.4 Å². The number of cyclic esters (lactones) is 1. The highest BCUT2D eigenvalue weighted by Gasteiger charge is 2.53. The van der Waals surface area contributed by atoms with Crippen LogP contribution in [-0.2, 0) is 28.2 Å². The van der Waals surface area contributed by atoms with Gasteiger partial charge in [-0.3, -0.25) is 4.79 Å². The van der Waals surface area contributed by atoms with Gasteiger partial charge in [0.1, 0.15) is 12.9 Å². The molecule has 50 heavy (non-hydrogen) atoms. The van der Waals surface area contributed by atoms with E-state index in [1.54, 1.807) is 7.11 Å². The van der Waals surface area contributed by atoms with Gasteiger partial charge in [-0.25, -0.2) is 0 Å². The lowest BCUT2D eigenvalue weighted by molar-refractivity contribution is -0.154. The molecule has 2 bridgehead atoms. The minimum Gasteiger partial charge on any atom is -0.462 e. The molecule has 2 fully saturated rings. The Morgan fingerprint density at radius 2 is 1.50 bits per heavy atom. The van der Waals surface area contributed by atoms with Gasteiger partial charge in [-0.1, -0.05) is 141 Å². The highest BCUT2D eigenvalue weighted by molar-refractivity contribution is 6.99. The summed E-state index contributed by atoms with van der Waals surface area (Å²) in [7, 11) is -1.26. The first-order valence-corrected chi connectivity index (χ1v) is 21.2. The number of fused-ring (bicyclic) bond motifs is 2. The molecule has 2 saturated heterocycles. The second kappa shape index (κ2) is 19.0. The van der Waals surface area contributed by atoms with Crippen LogP contribution in [0.25, 0.3) is 0 Å². The highest BCUT2D eigenvalue weighted by Crippen LogP contribution is 2.41. The monoisotopic (exact) mass is 706 g/mol. The molecule has 8 atom stereocenters. The van der Waals surface area contributed by atoms with Crippen molar-refractivity contribution < 1.29 is 28.2 Å². The SMILES string of the molecule is C=C1C[C@@H](CCC)OC(=O)[C@@H](C)CCCC[C@@H]2O[C@@H](C[C@H](O[Si](c3ccccc3)(c3ccccc3)C(C)(C)C)[C@@H](OCOC)[C@H](C)C1)C[C@@H]2C. The number of methoxy groups -OCH3 is 1. The van der Waals surface area contributed by atoms with Crippen LogP contribution in [-0.4, -0.2) is 58.7 Å². The molecule has 0 radical (unpaired) electrons. The Morgan fingerprint density at radius 3 is 2.08 bits per heavy atom. The minimum atomic E-state index is -2.94. The molecule has 4 rings (SSSR count). The normalized spacial score (nSPS) is 29.6. The molecule has 0 aromatic heterocycles. The number of benzene rings is 2. The van der Waals surface area contributed by atoms with E-state index in [1.165, 1.54) is 10.4 Å². The third-order valence-electron chi connectivity index (χ3n) is 11.0. The van der Waals surface area contributed by atoms with Gasteiger partial charge in [-0.15, -0.1) is 0 Å². The van der Waals surface area contributed by atoms with Gasteiger partial charge in [0.25, 0.3) is 8.32 Å². The third kappa shape index (κ3) is 10.4. The van der Waals surface area contributed by atoms with Gasteiger partial charge in [0.2, 0.25) is 0 Å². The van der Waals surface area contributed by atoms with Crippen LogP contribution in [0.5, 0.6) is 0 Å². The Bertz CT molecular complexity index is 1270. The van der Waals surface area contributed by atoms with E-state index in [-0.39, 0.29) is 60.2 Å². The van der Waals surface area contributed by atoms with Crippen molar-refractivity contribution >= 4 is 24.7 Å². The van der Waals surface area contributed by atoms with Crippen molar-refractivity contribution in [3.05, 3.63) is 72.8 Å². The van der Waals surface area contributed by atoms with Gasteiger partial charge in [0, 0.05) is 20.0 Å². The van der Waals surface area contributed by atoms with Crippen molar-refractivity contribution in [2.75, 3.05) is 13.9 Å². The van der Waals surface area contributed by atoms with Crippen LogP contribution in [0.3, 0.4) is 0 Å². The zero-order chi connectivity index (χ0) is 36.3. The molecule has 0 amide bonds. The molecule has 0 spiro atoms. The van der Waals surface area contributed by atoms with Crippen LogP contribution in [0.15, 0.2) is 72.8 Å². The maximum Gasteiger partial charge on any atom is 0.308 e. The summed E-state index contributed by atoms with van der Waals surface area (Å²) in [5, 5.41) is 2.30. The van der Waals surface area contributed by atoms with E-state index in [1.807, 2.05) is 6.92 Å². The fourth-order valence-corrected chi connectivity index (χ4v) is 13.1. The molecule has 6 nitrogen and oxygen atoms in total. The summed E-state index contributed by atoms with van der Waals surface area (Å²) in [6, 6.07) is 21.7. The standard InChI is InChI=1S/C43H66O6Si/c1-10-19-35-27-31(2)26-34(5)41(46-30-45-9)40(29-36-28-33(4)39(47-36)25-18-17-20-32(3)42(44)48-35)49-50(43(6,7)8,37-21-13-11-14-22-37)38-23-15-12-16-24-38/h11-16,21-24,32-36,39-41H,2,10,17-20,25-30H2,1,3-9H3/t32-,33-,34+,35+,36+,39-,40-,41-/m0/s1. The fraction of sp³-hybridized carbons (Fsp3) is 0.651. The number of hydrogen-bond donors (Lipinski definition) is 0. The number of hydrogen-bond acceptors (Lipinski definition) is 6. The molecule has 0 aliphatic carbocycles. The van der Waals surface area contributed by atoms with Crippen LogP contribution in [0.4, 0.5) is 0 Å². The van der Waals surface area contributed by atoms with E-state index < -0.39 is 8.32 Å². The van der Waals surface area contributed by atoms with E-state index in [4.69, 9.17) is 23.4 Å². The molecule has 0 unspecified atom stereocenters. The van der Waals surface area contributed by atoms with Gasteiger partial charge in [0.15, 0.2) is 0 Å². The van der Waals surface area contributed by atoms with Crippen molar-refractivity contribution in [2.24, 2.45) is 17.8 Å². The molecule has 2 aliphatic heterocycles. The predicted molar refractivity (Wildman–Crippen MR) is 206 cm³/mol. The van der Waals surface area contributed by atoms with Gasteiger partial charge >= 0.3 is 5.97 Å². The summed E-state index contributed by atoms with van der Waals surface area (Å²) in [6.07, 6.45) is 8.29. The smallest absolute Gasteiger partial charge is 0.308 e. The lowest BCUT2D eigenvalue weighted by atomic mass is 9.88. The maximum absolute atomic E-state index is 13.2. The second-order valence-corrected chi connectivity index (χ2v) is 20.5. The number of carbonyl (C=O) groups excluding carboxylic acids is 1. The van der Waals surface area contributed by atoms with Gasteiger partial charge in [-0.2, -0.15) is 0 Å². The van der Waals surface area contributed by atoms with Crippen molar-refractivity contribution in [2.45, 2.75) is 148 Å². The Labute approximate surface area is 304 Å². The zero-order valence-corrected chi connectivity index (χ0v) is 33.3. The molecule has 0 N–H and O–H groups in total. The first-order valence-electron chi connectivity index (χ1n) is 19.3. The number of esters is 1. The first kappa shape index (κ1) is 40.5. The molecule has 2 heterocycles. The Hall–Kier alpha value is -2.29. The average Bonchev–Trinajstić information content (AvgIpc) is 3.43.